The molecule has 0 bridgehead atoms. The Balaban J connectivity index is 2.05. The van der Waals surface area contributed by atoms with Crippen LogP contribution in [0.15, 0.2) is 40.9 Å². The molecular weight excluding hydrogens is 354 g/mol. The van der Waals surface area contributed by atoms with E-state index in [0.29, 0.717) is 5.69 Å². The molecule has 0 unspecified atom stereocenters. The molecule has 1 amide bonds. The Labute approximate surface area is 153 Å². The zero-order valence-corrected chi connectivity index (χ0v) is 15.7. The Morgan fingerprint density at radius 3 is 2.42 bits per heavy atom. The number of hydrogen-bond acceptors (Lipinski definition) is 6. The van der Waals surface area contributed by atoms with Gasteiger partial charge < -0.3 is 15.1 Å². The van der Waals surface area contributed by atoms with Gasteiger partial charge in [0.15, 0.2) is 0 Å². The predicted molar refractivity (Wildman–Crippen MR) is 98.4 cm³/mol. The van der Waals surface area contributed by atoms with Crippen molar-refractivity contribution in [3.63, 3.8) is 0 Å². The predicted octanol–water partition coefficient (Wildman–Crippen LogP) is 0.706. The molecule has 0 atom stereocenters. The Morgan fingerprint density at radius 1 is 1.35 bits per heavy atom. The number of sulfonamides is 1. The molecule has 8 nitrogen and oxygen atoms in total. The number of nitriles is 1. The summed E-state index contributed by atoms with van der Waals surface area (Å²) in [5.41, 5.74) is 0.529. The highest BCUT2D eigenvalue weighted by Crippen LogP contribution is 2.17. The first kappa shape index (κ1) is 19.9. The number of benzene rings is 1. The van der Waals surface area contributed by atoms with Crippen LogP contribution < -0.4 is 10.5 Å². The van der Waals surface area contributed by atoms with Crippen LogP contribution >= 0.6 is 0 Å². The van der Waals surface area contributed by atoms with E-state index < -0.39 is 10.0 Å². The Morgan fingerprint density at radius 2 is 1.92 bits per heavy atom. The summed E-state index contributed by atoms with van der Waals surface area (Å²) >= 11 is 0. The van der Waals surface area contributed by atoms with Crippen LogP contribution in [0.2, 0.25) is 0 Å². The molecule has 26 heavy (non-hydrogen) atoms. The van der Waals surface area contributed by atoms with Gasteiger partial charge in [-0.15, -0.1) is 0 Å². The molecule has 3 N–H and O–H groups in total. The fourth-order valence-corrected chi connectivity index (χ4v) is 3.29. The number of nitrogens with one attached hydrogen (secondary N) is 1. The van der Waals surface area contributed by atoms with Crippen molar-refractivity contribution in [2.24, 2.45) is 5.14 Å². The summed E-state index contributed by atoms with van der Waals surface area (Å²) in [4.78, 5) is 16.4. The second-order valence-corrected chi connectivity index (χ2v) is 7.90. The smallest absolute Gasteiger partial charge is 0.266 e. The van der Waals surface area contributed by atoms with Crippen molar-refractivity contribution in [3.05, 3.63) is 36.0 Å². The zero-order chi connectivity index (χ0) is 19.3. The summed E-state index contributed by atoms with van der Waals surface area (Å²) in [6.07, 6.45) is 3.08. The van der Waals surface area contributed by atoms with Crippen LogP contribution in [0.1, 0.15) is 12.8 Å². The van der Waals surface area contributed by atoms with E-state index in [9.17, 15) is 18.5 Å². The van der Waals surface area contributed by atoms with Gasteiger partial charge in [0.2, 0.25) is 10.0 Å². The van der Waals surface area contributed by atoms with Gasteiger partial charge in [0.1, 0.15) is 11.6 Å². The summed E-state index contributed by atoms with van der Waals surface area (Å²) in [5, 5.41) is 17.2. The van der Waals surface area contributed by atoms with Gasteiger partial charge in [-0.2, -0.15) is 5.26 Å². The Hall–Kier alpha value is -2.41. The van der Waals surface area contributed by atoms with Crippen LogP contribution in [0, 0.1) is 11.3 Å². The van der Waals surface area contributed by atoms with E-state index in [0.717, 1.165) is 25.9 Å². The van der Waals surface area contributed by atoms with E-state index in [1.165, 1.54) is 30.5 Å². The van der Waals surface area contributed by atoms with Crippen molar-refractivity contribution in [2.45, 2.75) is 23.8 Å². The molecule has 0 saturated carbocycles. The first-order valence-corrected chi connectivity index (χ1v) is 9.72. The molecule has 1 saturated heterocycles. The van der Waals surface area contributed by atoms with E-state index in [-0.39, 0.29) is 22.4 Å². The van der Waals surface area contributed by atoms with Crippen molar-refractivity contribution >= 4 is 21.6 Å². The Kier molecular flexibility index (Phi) is 6.37. The minimum absolute atomic E-state index is 0.00869. The second kappa shape index (κ2) is 8.31. The molecule has 1 aliphatic heterocycles. The summed E-state index contributed by atoms with van der Waals surface area (Å²) in [6.45, 7) is 1.84. The molecule has 0 spiro atoms. The van der Waals surface area contributed by atoms with Crippen LogP contribution in [-0.4, -0.2) is 57.4 Å². The van der Waals surface area contributed by atoms with Gasteiger partial charge in [-0.25, -0.2) is 13.6 Å². The van der Waals surface area contributed by atoms with Gasteiger partial charge >= 0.3 is 0 Å². The topological polar surface area (TPSA) is 120 Å². The first-order chi connectivity index (χ1) is 12.2. The van der Waals surface area contributed by atoms with E-state index >= 15 is 0 Å². The molecule has 9 heteroatoms. The number of hydrogen-bond donors (Lipinski definition) is 2. The molecule has 1 aromatic carbocycles. The molecular formula is C17H23N5O3S. The van der Waals surface area contributed by atoms with Crippen molar-refractivity contribution < 1.29 is 13.2 Å². The number of amides is 1. The lowest BCUT2D eigenvalue weighted by atomic mass is 10.0. The second-order valence-electron chi connectivity index (χ2n) is 6.33. The number of nitrogens with zero attached hydrogens (tertiary/aromatic N) is 3. The third-order valence-electron chi connectivity index (χ3n) is 4.47. The van der Waals surface area contributed by atoms with Crippen molar-refractivity contribution in [3.8, 4) is 6.07 Å². The molecule has 0 aliphatic carbocycles. The third-order valence-corrected chi connectivity index (χ3v) is 5.40. The fourth-order valence-electron chi connectivity index (χ4n) is 2.78. The maximum atomic E-state index is 12.5. The number of likely N-dealkylation sites (N-methyl/N-ethyl adjacent to an activating group) is 1. The standard InChI is InChI=1S/C17H23N5O3S/c1-21-9-7-15(8-10-21)22(2)17(23)13(11-18)12-20-14-3-5-16(6-4-14)26(19,24)25/h3-6,12,15,20H,7-10H2,1-2H3,(H2,19,24,25)/b13-12-. The average molecular weight is 377 g/mol. The zero-order valence-electron chi connectivity index (χ0n) is 14.8. The number of piperidine rings is 1. The third kappa shape index (κ3) is 5.05. The lowest BCUT2D eigenvalue weighted by Crippen LogP contribution is -2.44. The highest BCUT2D eigenvalue weighted by atomic mass is 32.2. The van der Waals surface area contributed by atoms with E-state index in [1.807, 2.05) is 13.1 Å². The number of anilines is 1. The fraction of sp³-hybridized carbons (Fsp3) is 0.412. The van der Waals surface area contributed by atoms with Gasteiger partial charge in [-0.1, -0.05) is 0 Å². The number of likely N-dealkylation sites (tertiary alicyclic amines) is 1. The molecule has 1 fully saturated rings. The van der Waals surface area contributed by atoms with Crippen molar-refractivity contribution in [1.82, 2.24) is 9.80 Å². The van der Waals surface area contributed by atoms with Gasteiger partial charge in [0.25, 0.3) is 5.91 Å². The first-order valence-electron chi connectivity index (χ1n) is 8.17. The average Bonchev–Trinajstić information content (AvgIpc) is 2.61. The number of rotatable bonds is 5. The van der Waals surface area contributed by atoms with Gasteiger partial charge in [-0.05, 0) is 57.2 Å². The van der Waals surface area contributed by atoms with E-state index in [4.69, 9.17) is 5.14 Å². The SMILES string of the molecule is CN1CCC(N(C)C(=O)/C(C#N)=C\Nc2ccc(S(N)(=O)=O)cc2)CC1. The van der Waals surface area contributed by atoms with Crippen molar-refractivity contribution in [2.75, 3.05) is 32.5 Å². The summed E-state index contributed by atoms with van der Waals surface area (Å²) in [6, 6.07) is 7.76. The molecule has 1 heterocycles. The highest BCUT2D eigenvalue weighted by Gasteiger charge is 2.25. The normalized spacial score (nSPS) is 16.8. The minimum atomic E-state index is -3.76. The number of nitrogens with two attached hydrogens (primary N) is 1. The quantitative estimate of drug-likeness (QED) is 0.576. The van der Waals surface area contributed by atoms with Crippen LogP contribution in [0.3, 0.4) is 0 Å². The van der Waals surface area contributed by atoms with E-state index in [1.54, 1.807) is 11.9 Å². The van der Waals surface area contributed by atoms with Gasteiger partial charge in [0.05, 0.1) is 4.90 Å². The minimum Gasteiger partial charge on any atom is -0.360 e. The number of primary sulfonamides is 1. The van der Waals surface area contributed by atoms with Crippen molar-refractivity contribution in [1.29, 1.82) is 5.26 Å². The molecule has 1 aliphatic rings. The summed E-state index contributed by atoms with van der Waals surface area (Å²) < 4.78 is 22.5. The molecule has 140 valence electrons. The molecule has 0 radical (unpaired) electrons. The van der Waals surface area contributed by atoms with Crippen LogP contribution in [0.25, 0.3) is 0 Å². The monoisotopic (exact) mass is 377 g/mol. The van der Waals surface area contributed by atoms with Crippen LogP contribution in [0.5, 0.6) is 0 Å². The molecule has 1 aromatic rings. The van der Waals surface area contributed by atoms with E-state index in [2.05, 4.69) is 10.2 Å². The highest BCUT2D eigenvalue weighted by molar-refractivity contribution is 7.89. The lowest BCUT2D eigenvalue weighted by Gasteiger charge is -2.34. The van der Waals surface area contributed by atoms with Gasteiger partial charge in [0, 0.05) is 25.0 Å². The number of carbonyl (C=O) groups is 1. The summed E-state index contributed by atoms with van der Waals surface area (Å²) in [5.74, 6) is -0.337. The van der Waals surface area contributed by atoms with Crippen LogP contribution in [-0.2, 0) is 14.8 Å². The van der Waals surface area contributed by atoms with Gasteiger partial charge in [-0.3, -0.25) is 4.79 Å². The molecule has 0 aromatic heterocycles. The summed E-state index contributed by atoms with van der Waals surface area (Å²) in [7, 11) is 0.00174. The Bertz CT molecular complexity index is 819. The maximum Gasteiger partial charge on any atom is 0.266 e. The lowest BCUT2D eigenvalue weighted by molar-refractivity contribution is -0.128. The molecule has 2 rings (SSSR count). The van der Waals surface area contributed by atoms with Crippen LogP contribution in [0.4, 0.5) is 5.69 Å². The maximum absolute atomic E-state index is 12.5. The number of carbonyl (C=O) groups excluding carboxylic acids is 1. The largest absolute Gasteiger partial charge is 0.360 e.